The Hall–Kier alpha value is 0.200. The Morgan fingerprint density at radius 2 is 1.44 bits per heavy atom. The number of rotatable bonds is 4. The quantitative estimate of drug-likeness (QED) is 0.606. The summed E-state index contributed by atoms with van der Waals surface area (Å²) in [5.41, 5.74) is -3.14. The van der Waals surface area contributed by atoms with Crippen molar-refractivity contribution in [3.05, 3.63) is 60.7 Å². The molecule has 0 aliphatic heterocycles. The maximum atomic E-state index is 12.1. The van der Waals surface area contributed by atoms with Crippen LogP contribution in [0.2, 0.25) is 0 Å². The number of hydrogen-bond donors (Lipinski definition) is 0. The molecule has 1 unspecified atom stereocenters. The van der Waals surface area contributed by atoms with Gasteiger partial charge in [-0.15, -0.1) is 0 Å². The minimum Gasteiger partial charge on any atom is -0.783 e. The van der Waals surface area contributed by atoms with Crippen molar-refractivity contribution in [1.82, 2.24) is 0 Å². The van der Waals surface area contributed by atoms with Crippen LogP contribution in [-0.4, -0.2) is 0 Å². The zero-order chi connectivity index (χ0) is 12.1. The van der Waals surface area contributed by atoms with Crippen LogP contribution in [0.4, 0.5) is 0 Å². The van der Waals surface area contributed by atoms with Crippen molar-refractivity contribution in [1.29, 1.82) is 0 Å². The fourth-order valence-electron chi connectivity index (χ4n) is 1.24. The van der Waals surface area contributed by atoms with Gasteiger partial charge in [0.05, 0.1) is 0 Å². The van der Waals surface area contributed by atoms with Gasteiger partial charge in [0.2, 0.25) is 0 Å². The van der Waals surface area contributed by atoms with Crippen molar-refractivity contribution in [3.8, 4) is 5.75 Å². The third-order valence-electron chi connectivity index (χ3n) is 1.92. The summed E-state index contributed by atoms with van der Waals surface area (Å²) in [5, 5.41) is 0. The Bertz CT molecular complexity index is 477. The Labute approximate surface area is 138 Å². The number of para-hydroxylation sites is 1. The van der Waals surface area contributed by atoms with Crippen LogP contribution in [0.1, 0.15) is 0 Å². The normalized spacial score (nSPS) is 13.2. The average molecular weight is 304 g/mol. The van der Waals surface area contributed by atoms with Gasteiger partial charge in [0, 0.05) is 4.90 Å². The summed E-state index contributed by atoms with van der Waals surface area (Å²) >= 11 is 6.09. The second kappa shape index (κ2) is 7.71. The predicted octanol–water partition coefficient (Wildman–Crippen LogP) is 0.447. The molecule has 0 saturated carbocycles. The molecule has 0 amide bonds. The smallest absolute Gasteiger partial charge is 0.783 e. The van der Waals surface area contributed by atoms with Crippen LogP contribution in [0.5, 0.6) is 5.75 Å². The molecule has 0 fully saturated rings. The summed E-state index contributed by atoms with van der Waals surface area (Å²) in [6.45, 7) is 0. The molecule has 0 radical (unpaired) electrons. The van der Waals surface area contributed by atoms with Crippen LogP contribution in [0.15, 0.2) is 65.6 Å². The molecule has 88 valence electrons. The maximum absolute atomic E-state index is 12.1. The first-order chi connectivity index (χ1) is 8.16. The van der Waals surface area contributed by atoms with E-state index in [2.05, 4.69) is 0 Å². The molecule has 18 heavy (non-hydrogen) atoms. The van der Waals surface area contributed by atoms with E-state index in [0.29, 0.717) is 5.75 Å². The van der Waals surface area contributed by atoms with Gasteiger partial charge < -0.3 is 9.42 Å². The predicted molar refractivity (Wildman–Crippen MR) is 73.7 cm³/mol. The zero-order valence-electron chi connectivity index (χ0n) is 9.85. The Morgan fingerprint density at radius 3 is 2.00 bits per heavy atom. The van der Waals surface area contributed by atoms with Gasteiger partial charge >= 0.3 is 29.6 Å². The summed E-state index contributed by atoms with van der Waals surface area (Å²) in [5.74, 6) is 0.536. The van der Waals surface area contributed by atoms with Crippen molar-refractivity contribution in [2.75, 3.05) is 0 Å². The summed E-state index contributed by atoms with van der Waals surface area (Å²) in [6.07, 6.45) is 0. The van der Waals surface area contributed by atoms with E-state index in [-0.39, 0.29) is 29.6 Å². The molecule has 0 heterocycles. The number of hydrogen-bond acceptors (Lipinski definition) is 4. The van der Waals surface area contributed by atoms with Gasteiger partial charge in [-0.1, -0.05) is 59.6 Å². The first-order valence-electron chi connectivity index (χ1n) is 4.96. The Morgan fingerprint density at radius 1 is 0.944 bits per heavy atom. The molecule has 0 aliphatic rings. The van der Waals surface area contributed by atoms with E-state index in [1.165, 1.54) is 0 Å². The van der Waals surface area contributed by atoms with Crippen molar-refractivity contribution < 1.29 is 39.0 Å². The van der Waals surface area contributed by atoms with E-state index in [4.69, 9.17) is 16.3 Å². The molecule has 0 spiro atoms. The SMILES string of the molecule is [Na+].[O-]P(=S)(Oc1ccccc1)Sc1ccccc1. The van der Waals surface area contributed by atoms with Gasteiger partial charge in [-0.3, -0.25) is 0 Å². The average Bonchev–Trinajstić information content (AvgIpc) is 2.30. The van der Waals surface area contributed by atoms with E-state index in [9.17, 15) is 4.89 Å². The summed E-state index contributed by atoms with van der Waals surface area (Å²) < 4.78 is 5.34. The van der Waals surface area contributed by atoms with Crippen LogP contribution in [0.3, 0.4) is 0 Å². The zero-order valence-corrected chi connectivity index (χ0v) is 14.4. The summed E-state index contributed by atoms with van der Waals surface area (Å²) in [6, 6.07) is 18.4. The summed E-state index contributed by atoms with van der Waals surface area (Å²) in [7, 11) is 0. The standard InChI is InChI=1S/C12H11O2PS2.Na/c13-15(16,14-11-7-3-1-4-8-11)17-12-9-5-2-6-10-12;/h1-10H,(H,13,16);/q;+1/p-1. The van der Waals surface area contributed by atoms with Gasteiger partial charge in [-0.05, 0) is 24.3 Å². The fraction of sp³-hybridized carbons (Fsp3) is 0. The second-order valence-electron chi connectivity index (χ2n) is 3.26. The molecule has 2 aromatic rings. The molecular weight excluding hydrogens is 294 g/mol. The van der Waals surface area contributed by atoms with E-state index in [1.807, 2.05) is 48.5 Å². The Balaban J connectivity index is 0.00000162. The van der Waals surface area contributed by atoms with Crippen LogP contribution in [0, 0.1) is 0 Å². The largest absolute Gasteiger partial charge is 1.00 e. The molecule has 0 N–H and O–H groups in total. The van der Waals surface area contributed by atoms with Gasteiger partial charge in [0.25, 0.3) is 0 Å². The molecule has 0 aromatic heterocycles. The molecule has 0 aliphatic carbocycles. The van der Waals surface area contributed by atoms with Gasteiger partial charge in [-0.2, -0.15) is 0 Å². The van der Waals surface area contributed by atoms with Gasteiger partial charge in [-0.25, -0.2) is 0 Å². The van der Waals surface area contributed by atoms with E-state index in [0.717, 1.165) is 16.3 Å². The minimum absolute atomic E-state index is 0. The monoisotopic (exact) mass is 304 g/mol. The molecular formula is C12H10NaO2PS2. The third kappa shape index (κ3) is 5.45. The molecule has 2 aromatic carbocycles. The molecule has 2 nitrogen and oxygen atoms in total. The molecule has 1 atom stereocenters. The van der Waals surface area contributed by atoms with Crippen LogP contribution in [0.25, 0.3) is 0 Å². The van der Waals surface area contributed by atoms with Crippen LogP contribution in [-0.2, 0) is 11.8 Å². The van der Waals surface area contributed by atoms with Crippen molar-refractivity contribution in [2.24, 2.45) is 0 Å². The number of benzene rings is 2. The third-order valence-corrected chi connectivity index (χ3v) is 5.48. The molecule has 2 rings (SSSR count). The minimum atomic E-state index is -3.14. The van der Waals surface area contributed by atoms with Crippen LogP contribution >= 0.6 is 17.1 Å². The second-order valence-corrected chi connectivity index (χ2v) is 9.11. The molecule has 6 heteroatoms. The summed E-state index contributed by atoms with van der Waals surface area (Å²) in [4.78, 5) is 13.0. The van der Waals surface area contributed by atoms with E-state index < -0.39 is 5.69 Å². The van der Waals surface area contributed by atoms with Crippen LogP contribution < -0.4 is 39.0 Å². The molecule has 0 saturated heterocycles. The van der Waals surface area contributed by atoms with Crippen molar-refractivity contribution in [3.63, 3.8) is 0 Å². The van der Waals surface area contributed by atoms with E-state index in [1.54, 1.807) is 12.1 Å². The first kappa shape index (κ1) is 16.3. The molecule has 0 bridgehead atoms. The van der Waals surface area contributed by atoms with Gasteiger partial charge in [0.1, 0.15) is 11.4 Å². The van der Waals surface area contributed by atoms with Crippen molar-refractivity contribution >= 4 is 28.9 Å². The first-order valence-corrected chi connectivity index (χ1v) is 9.02. The fourth-order valence-corrected chi connectivity index (χ4v) is 4.74. The van der Waals surface area contributed by atoms with E-state index >= 15 is 0 Å². The maximum Gasteiger partial charge on any atom is 1.00 e. The Kier molecular flexibility index (Phi) is 6.96. The topological polar surface area (TPSA) is 32.3 Å². The van der Waals surface area contributed by atoms with Gasteiger partial charge in [0.15, 0.2) is 0 Å². The van der Waals surface area contributed by atoms with Crippen molar-refractivity contribution in [2.45, 2.75) is 4.90 Å².